The maximum absolute atomic E-state index is 13.7. The summed E-state index contributed by atoms with van der Waals surface area (Å²) in [6.45, 7) is 0. The van der Waals surface area contributed by atoms with Crippen molar-refractivity contribution in [1.29, 1.82) is 0 Å². The number of fused-ring (bicyclic) bond motifs is 1. The lowest BCUT2D eigenvalue weighted by Crippen LogP contribution is -2.29. The standard InChI is InChI=1S/C23H26Cl2FN7O2/c24-14-8-12(26)9-15(25)19(14)31-23-30-17-10-28-22(29-16-2-1-3-18(16)34)32-21(17)33(23)13-6-4-11(5-7-13)20(27)35/h8-11,13,16,18,34H,1-7H2,(H2,27,35)(H,30,31)(H,28,29,32)/t11-,13+,16-,18-/m0/s1. The molecular weight excluding hydrogens is 496 g/mol. The number of aromatic nitrogens is 4. The van der Waals surface area contributed by atoms with Crippen LogP contribution < -0.4 is 16.4 Å². The summed E-state index contributed by atoms with van der Waals surface area (Å²) in [5, 5.41) is 16.8. The lowest BCUT2D eigenvalue weighted by Gasteiger charge is -2.29. The Kier molecular flexibility index (Phi) is 6.69. The summed E-state index contributed by atoms with van der Waals surface area (Å²) in [7, 11) is 0. The average molecular weight is 522 g/mol. The normalized spacial score (nSPS) is 24.6. The number of amides is 1. The number of imidazole rings is 1. The molecule has 1 amide bonds. The number of nitrogens with two attached hydrogens (primary N) is 1. The third-order valence-electron chi connectivity index (χ3n) is 6.93. The third-order valence-corrected chi connectivity index (χ3v) is 7.53. The Bertz CT molecular complexity index is 1240. The van der Waals surface area contributed by atoms with Gasteiger partial charge < -0.3 is 21.5 Å². The van der Waals surface area contributed by atoms with Crippen molar-refractivity contribution in [3.63, 3.8) is 0 Å². The molecule has 2 atom stereocenters. The molecule has 186 valence electrons. The number of nitrogens with one attached hydrogen (secondary N) is 2. The zero-order valence-electron chi connectivity index (χ0n) is 18.8. The van der Waals surface area contributed by atoms with E-state index in [0.717, 1.165) is 19.3 Å². The first-order chi connectivity index (χ1) is 16.8. The van der Waals surface area contributed by atoms with E-state index in [9.17, 15) is 14.3 Å². The summed E-state index contributed by atoms with van der Waals surface area (Å²) in [5.41, 5.74) is 7.00. The van der Waals surface area contributed by atoms with Crippen molar-refractivity contribution in [2.24, 2.45) is 11.7 Å². The maximum Gasteiger partial charge on any atom is 0.225 e. The average Bonchev–Trinajstić information content (AvgIpc) is 3.38. The van der Waals surface area contributed by atoms with Crippen molar-refractivity contribution >= 4 is 57.9 Å². The van der Waals surface area contributed by atoms with Gasteiger partial charge in [0.15, 0.2) is 5.65 Å². The maximum atomic E-state index is 13.7. The zero-order valence-corrected chi connectivity index (χ0v) is 20.4. The van der Waals surface area contributed by atoms with Crippen LogP contribution in [0.15, 0.2) is 18.3 Å². The van der Waals surface area contributed by atoms with Gasteiger partial charge in [0.2, 0.25) is 17.8 Å². The summed E-state index contributed by atoms with van der Waals surface area (Å²) in [5.74, 6) is -0.148. The van der Waals surface area contributed by atoms with Crippen LogP contribution in [0.2, 0.25) is 10.0 Å². The highest BCUT2D eigenvalue weighted by Gasteiger charge is 2.30. The van der Waals surface area contributed by atoms with Crippen molar-refractivity contribution in [3.05, 3.63) is 34.2 Å². The number of aliphatic hydroxyl groups excluding tert-OH is 1. The fraction of sp³-hybridized carbons (Fsp3) is 0.478. The molecule has 9 nitrogen and oxygen atoms in total. The van der Waals surface area contributed by atoms with Gasteiger partial charge in [-0.25, -0.2) is 14.4 Å². The molecule has 3 aromatic rings. The molecule has 0 aliphatic heterocycles. The molecule has 0 saturated heterocycles. The molecular formula is C23H26Cl2FN7O2. The number of hydrogen-bond donors (Lipinski definition) is 4. The van der Waals surface area contributed by atoms with Crippen LogP contribution in [0.4, 0.5) is 22.0 Å². The highest BCUT2D eigenvalue weighted by Crippen LogP contribution is 2.39. The smallest absolute Gasteiger partial charge is 0.225 e. The molecule has 5 rings (SSSR count). The van der Waals surface area contributed by atoms with Gasteiger partial charge in [0.1, 0.15) is 11.3 Å². The fourth-order valence-corrected chi connectivity index (χ4v) is 5.62. The molecule has 0 spiro atoms. The van der Waals surface area contributed by atoms with Crippen LogP contribution in [-0.4, -0.2) is 42.7 Å². The number of carbonyl (C=O) groups is 1. The molecule has 0 radical (unpaired) electrons. The van der Waals surface area contributed by atoms with Crippen molar-refractivity contribution in [2.45, 2.75) is 63.1 Å². The van der Waals surface area contributed by atoms with Crippen LogP contribution in [0.25, 0.3) is 11.2 Å². The predicted octanol–water partition coefficient (Wildman–Crippen LogP) is 4.56. The van der Waals surface area contributed by atoms with Gasteiger partial charge in [0, 0.05) is 12.0 Å². The van der Waals surface area contributed by atoms with Crippen LogP contribution in [0, 0.1) is 11.7 Å². The number of benzene rings is 1. The number of anilines is 3. The van der Waals surface area contributed by atoms with Crippen LogP contribution in [-0.2, 0) is 4.79 Å². The molecule has 1 aromatic carbocycles. The molecule has 2 saturated carbocycles. The van der Waals surface area contributed by atoms with Crippen molar-refractivity contribution in [3.8, 4) is 0 Å². The molecule has 0 unspecified atom stereocenters. The highest BCUT2D eigenvalue weighted by molar-refractivity contribution is 6.39. The highest BCUT2D eigenvalue weighted by atomic mass is 35.5. The van der Waals surface area contributed by atoms with E-state index in [-0.39, 0.29) is 34.0 Å². The number of rotatable bonds is 6. The zero-order chi connectivity index (χ0) is 24.7. The van der Waals surface area contributed by atoms with E-state index < -0.39 is 11.9 Å². The predicted molar refractivity (Wildman–Crippen MR) is 132 cm³/mol. The molecule has 2 aliphatic carbocycles. The van der Waals surface area contributed by atoms with Gasteiger partial charge in [0.25, 0.3) is 0 Å². The molecule has 35 heavy (non-hydrogen) atoms. The van der Waals surface area contributed by atoms with E-state index >= 15 is 0 Å². The molecule has 2 aliphatic rings. The Morgan fingerprint density at radius 3 is 2.46 bits per heavy atom. The first-order valence-corrected chi connectivity index (χ1v) is 12.5. The third kappa shape index (κ3) is 4.87. The molecule has 12 heteroatoms. The van der Waals surface area contributed by atoms with Gasteiger partial charge in [-0.2, -0.15) is 4.98 Å². The first kappa shape index (κ1) is 24.0. The lowest BCUT2D eigenvalue weighted by atomic mass is 9.85. The van der Waals surface area contributed by atoms with Crippen LogP contribution in [0.1, 0.15) is 51.0 Å². The van der Waals surface area contributed by atoms with E-state index in [0.29, 0.717) is 54.4 Å². The topological polar surface area (TPSA) is 131 Å². The molecule has 0 bridgehead atoms. The molecule has 2 heterocycles. The Morgan fingerprint density at radius 1 is 1.11 bits per heavy atom. The second-order valence-electron chi connectivity index (χ2n) is 9.23. The second kappa shape index (κ2) is 9.75. The monoisotopic (exact) mass is 521 g/mol. The van der Waals surface area contributed by atoms with Crippen LogP contribution in [0.5, 0.6) is 0 Å². The number of hydrogen-bond acceptors (Lipinski definition) is 7. The minimum atomic E-state index is -0.542. The van der Waals surface area contributed by atoms with Crippen molar-refractivity contribution in [1.82, 2.24) is 19.5 Å². The Balaban J connectivity index is 1.54. The molecule has 2 aromatic heterocycles. The minimum absolute atomic E-state index is 0.0177. The van der Waals surface area contributed by atoms with E-state index in [4.69, 9.17) is 33.9 Å². The first-order valence-electron chi connectivity index (χ1n) is 11.7. The van der Waals surface area contributed by atoms with E-state index in [1.165, 1.54) is 12.1 Å². The minimum Gasteiger partial charge on any atom is -0.391 e. The van der Waals surface area contributed by atoms with Gasteiger partial charge >= 0.3 is 0 Å². The number of carbonyl (C=O) groups excluding carboxylic acids is 1. The van der Waals surface area contributed by atoms with E-state index in [2.05, 4.69) is 20.6 Å². The van der Waals surface area contributed by atoms with Crippen LogP contribution >= 0.6 is 23.2 Å². The number of aliphatic hydroxyl groups is 1. The number of nitrogens with zero attached hydrogens (tertiary/aromatic N) is 4. The summed E-state index contributed by atoms with van der Waals surface area (Å²) in [6, 6.07) is 2.23. The van der Waals surface area contributed by atoms with Gasteiger partial charge in [-0.1, -0.05) is 23.2 Å². The molecule has 5 N–H and O–H groups in total. The Hall–Kier alpha value is -2.69. The summed E-state index contributed by atoms with van der Waals surface area (Å²) in [6.07, 6.45) is 6.42. The summed E-state index contributed by atoms with van der Waals surface area (Å²) in [4.78, 5) is 25.5. The van der Waals surface area contributed by atoms with Gasteiger partial charge in [-0.15, -0.1) is 0 Å². The van der Waals surface area contributed by atoms with E-state index in [1.54, 1.807) is 6.20 Å². The van der Waals surface area contributed by atoms with Gasteiger partial charge in [-0.3, -0.25) is 9.36 Å². The lowest BCUT2D eigenvalue weighted by molar-refractivity contribution is -0.122. The Labute approximate surface area is 211 Å². The van der Waals surface area contributed by atoms with Crippen molar-refractivity contribution < 1.29 is 14.3 Å². The van der Waals surface area contributed by atoms with Crippen molar-refractivity contribution in [2.75, 3.05) is 10.6 Å². The summed E-state index contributed by atoms with van der Waals surface area (Å²) < 4.78 is 15.7. The molecule has 2 fully saturated rings. The van der Waals surface area contributed by atoms with Crippen LogP contribution in [0.3, 0.4) is 0 Å². The quantitative estimate of drug-likeness (QED) is 0.373. The van der Waals surface area contributed by atoms with E-state index in [1.807, 2.05) is 4.57 Å². The largest absolute Gasteiger partial charge is 0.391 e. The Morgan fingerprint density at radius 2 is 1.83 bits per heavy atom. The summed E-state index contributed by atoms with van der Waals surface area (Å²) >= 11 is 12.5. The fourth-order valence-electron chi connectivity index (χ4n) is 5.06. The number of halogens is 3. The second-order valence-corrected chi connectivity index (χ2v) is 10.0. The number of primary amides is 1. The SMILES string of the molecule is NC(=O)[C@H]1CC[C@@H](n2c(Nc3c(Cl)cc(F)cc3Cl)nc3cnc(N[C@H]4CCC[C@@H]4O)nc32)CC1. The van der Waals surface area contributed by atoms with Gasteiger partial charge in [0.05, 0.1) is 34.1 Å². The van der Waals surface area contributed by atoms with Gasteiger partial charge in [-0.05, 0) is 57.1 Å².